The zero-order valence-electron chi connectivity index (χ0n) is 14.1. The number of hydrogen-bond acceptors (Lipinski definition) is 2. The SMILES string of the molecule is CC(C)CCN(C(C)CCCNC(C)(C)C)C1CC1. The summed E-state index contributed by atoms with van der Waals surface area (Å²) in [5, 5.41) is 3.59. The fourth-order valence-corrected chi connectivity index (χ4v) is 2.60. The van der Waals surface area contributed by atoms with Crippen LogP contribution < -0.4 is 5.32 Å². The van der Waals surface area contributed by atoms with E-state index in [0.717, 1.165) is 24.5 Å². The molecule has 0 bridgehead atoms. The molecule has 1 N–H and O–H groups in total. The molecule has 0 saturated heterocycles. The van der Waals surface area contributed by atoms with Gasteiger partial charge >= 0.3 is 0 Å². The molecule has 1 unspecified atom stereocenters. The van der Waals surface area contributed by atoms with E-state index in [4.69, 9.17) is 0 Å². The predicted molar refractivity (Wildman–Crippen MR) is 85.6 cm³/mol. The molecule has 1 aliphatic rings. The minimum atomic E-state index is 0.261. The van der Waals surface area contributed by atoms with Gasteiger partial charge in [-0.15, -0.1) is 0 Å². The summed E-state index contributed by atoms with van der Waals surface area (Å²) in [7, 11) is 0. The summed E-state index contributed by atoms with van der Waals surface area (Å²) in [5.41, 5.74) is 0.261. The first kappa shape index (κ1) is 17.0. The van der Waals surface area contributed by atoms with Crippen molar-refractivity contribution in [3.8, 4) is 0 Å². The van der Waals surface area contributed by atoms with Crippen molar-refractivity contribution in [3.63, 3.8) is 0 Å². The van der Waals surface area contributed by atoms with E-state index in [0.29, 0.717) is 0 Å². The van der Waals surface area contributed by atoms with Gasteiger partial charge in [-0.25, -0.2) is 0 Å². The molecule has 1 fully saturated rings. The average Bonchev–Trinajstić information content (AvgIpc) is 3.07. The maximum Gasteiger partial charge on any atom is 0.00992 e. The van der Waals surface area contributed by atoms with Crippen molar-refractivity contribution in [1.29, 1.82) is 0 Å². The highest BCUT2D eigenvalue weighted by atomic mass is 15.2. The number of nitrogens with zero attached hydrogens (tertiary/aromatic N) is 1. The van der Waals surface area contributed by atoms with Gasteiger partial charge in [0.05, 0.1) is 0 Å². The highest BCUT2D eigenvalue weighted by Gasteiger charge is 2.31. The molecule has 0 aliphatic heterocycles. The summed E-state index contributed by atoms with van der Waals surface area (Å²) >= 11 is 0. The normalized spacial score (nSPS) is 18.3. The third-order valence-electron chi connectivity index (χ3n) is 4.00. The largest absolute Gasteiger partial charge is 0.312 e. The second-order valence-corrected chi connectivity index (χ2v) is 7.82. The molecular weight excluding hydrogens is 232 g/mol. The van der Waals surface area contributed by atoms with Crippen molar-refractivity contribution < 1.29 is 0 Å². The number of hydrogen-bond donors (Lipinski definition) is 1. The average molecular weight is 268 g/mol. The van der Waals surface area contributed by atoms with Crippen LogP contribution in [0, 0.1) is 5.92 Å². The smallest absolute Gasteiger partial charge is 0.00992 e. The lowest BCUT2D eigenvalue weighted by Crippen LogP contribution is -2.39. The molecule has 0 radical (unpaired) electrons. The fourth-order valence-electron chi connectivity index (χ4n) is 2.60. The molecule has 0 aromatic carbocycles. The van der Waals surface area contributed by atoms with E-state index in [-0.39, 0.29) is 5.54 Å². The predicted octanol–water partition coefficient (Wildman–Crippen LogP) is 4.05. The van der Waals surface area contributed by atoms with Gasteiger partial charge in [-0.05, 0) is 78.8 Å². The van der Waals surface area contributed by atoms with Crippen LogP contribution in [-0.4, -0.2) is 35.6 Å². The van der Waals surface area contributed by atoms with Gasteiger partial charge in [-0.2, -0.15) is 0 Å². The van der Waals surface area contributed by atoms with Crippen molar-refractivity contribution in [3.05, 3.63) is 0 Å². The monoisotopic (exact) mass is 268 g/mol. The highest BCUT2D eigenvalue weighted by Crippen LogP contribution is 2.30. The molecule has 2 nitrogen and oxygen atoms in total. The first-order valence-corrected chi connectivity index (χ1v) is 8.30. The zero-order valence-corrected chi connectivity index (χ0v) is 14.1. The second kappa shape index (κ2) is 7.64. The molecular formula is C17H36N2. The molecule has 1 aliphatic carbocycles. The summed E-state index contributed by atoms with van der Waals surface area (Å²) in [4.78, 5) is 2.77. The Balaban J connectivity index is 2.22. The fraction of sp³-hybridized carbons (Fsp3) is 1.00. The van der Waals surface area contributed by atoms with Gasteiger partial charge in [0.15, 0.2) is 0 Å². The van der Waals surface area contributed by atoms with E-state index in [9.17, 15) is 0 Å². The Morgan fingerprint density at radius 1 is 1.11 bits per heavy atom. The molecule has 1 atom stereocenters. The standard InChI is InChI=1S/C17H36N2/c1-14(2)11-13-19(16-9-10-16)15(3)8-7-12-18-17(4,5)6/h14-16,18H,7-13H2,1-6H3. The molecule has 0 aromatic heterocycles. The third kappa shape index (κ3) is 7.94. The van der Waals surface area contributed by atoms with Crippen molar-refractivity contribution in [2.45, 2.75) is 91.3 Å². The van der Waals surface area contributed by atoms with Crippen LogP contribution >= 0.6 is 0 Å². The minimum Gasteiger partial charge on any atom is -0.312 e. The molecule has 0 spiro atoms. The Morgan fingerprint density at radius 3 is 2.21 bits per heavy atom. The van der Waals surface area contributed by atoms with Gasteiger partial charge in [0.25, 0.3) is 0 Å². The summed E-state index contributed by atoms with van der Waals surface area (Å²) in [6.07, 6.45) is 6.84. The van der Waals surface area contributed by atoms with E-state index >= 15 is 0 Å². The third-order valence-corrected chi connectivity index (χ3v) is 4.00. The van der Waals surface area contributed by atoms with Crippen LogP contribution in [0.2, 0.25) is 0 Å². The minimum absolute atomic E-state index is 0.261. The number of nitrogens with one attached hydrogen (secondary N) is 1. The Morgan fingerprint density at radius 2 is 1.74 bits per heavy atom. The highest BCUT2D eigenvalue weighted by molar-refractivity contribution is 4.87. The van der Waals surface area contributed by atoms with Gasteiger partial charge in [0.1, 0.15) is 0 Å². The summed E-state index contributed by atoms with van der Waals surface area (Å²) < 4.78 is 0. The quantitative estimate of drug-likeness (QED) is 0.635. The van der Waals surface area contributed by atoms with Crippen molar-refractivity contribution in [2.24, 2.45) is 5.92 Å². The van der Waals surface area contributed by atoms with Crippen molar-refractivity contribution >= 4 is 0 Å². The maximum atomic E-state index is 3.59. The summed E-state index contributed by atoms with van der Waals surface area (Å²) in [6.45, 7) is 16.3. The van der Waals surface area contributed by atoms with Crippen molar-refractivity contribution in [2.75, 3.05) is 13.1 Å². The van der Waals surface area contributed by atoms with E-state index in [2.05, 4.69) is 51.8 Å². The van der Waals surface area contributed by atoms with Gasteiger partial charge < -0.3 is 5.32 Å². The maximum absolute atomic E-state index is 3.59. The van der Waals surface area contributed by atoms with Gasteiger partial charge in [0, 0.05) is 17.6 Å². The van der Waals surface area contributed by atoms with E-state index < -0.39 is 0 Å². The number of rotatable bonds is 9. The molecule has 0 heterocycles. The second-order valence-electron chi connectivity index (χ2n) is 7.82. The first-order valence-electron chi connectivity index (χ1n) is 8.30. The van der Waals surface area contributed by atoms with Gasteiger partial charge in [-0.3, -0.25) is 4.90 Å². The van der Waals surface area contributed by atoms with E-state index in [1.807, 2.05) is 0 Å². The molecule has 1 rings (SSSR count). The summed E-state index contributed by atoms with van der Waals surface area (Å²) in [6, 6.07) is 1.66. The Hall–Kier alpha value is -0.0800. The van der Waals surface area contributed by atoms with Gasteiger partial charge in [-0.1, -0.05) is 13.8 Å². The lowest BCUT2D eigenvalue weighted by Gasteiger charge is -2.30. The van der Waals surface area contributed by atoms with E-state index in [1.165, 1.54) is 38.6 Å². The first-order chi connectivity index (χ1) is 8.79. The Kier molecular flexibility index (Phi) is 6.82. The van der Waals surface area contributed by atoms with Crippen molar-refractivity contribution in [1.82, 2.24) is 10.2 Å². The topological polar surface area (TPSA) is 15.3 Å². The zero-order chi connectivity index (χ0) is 14.5. The van der Waals surface area contributed by atoms with Crippen LogP contribution in [0.3, 0.4) is 0 Å². The van der Waals surface area contributed by atoms with Crippen LogP contribution in [-0.2, 0) is 0 Å². The van der Waals surface area contributed by atoms with Crippen LogP contribution in [0.15, 0.2) is 0 Å². The van der Waals surface area contributed by atoms with E-state index in [1.54, 1.807) is 0 Å². The van der Waals surface area contributed by atoms with Gasteiger partial charge in [0.2, 0.25) is 0 Å². The molecule has 0 aromatic rings. The van der Waals surface area contributed by atoms with Crippen LogP contribution in [0.5, 0.6) is 0 Å². The molecule has 19 heavy (non-hydrogen) atoms. The lowest BCUT2D eigenvalue weighted by molar-refractivity contribution is 0.176. The molecule has 114 valence electrons. The molecule has 1 saturated carbocycles. The molecule has 0 amide bonds. The van der Waals surface area contributed by atoms with Crippen LogP contribution in [0.25, 0.3) is 0 Å². The lowest BCUT2D eigenvalue weighted by atomic mass is 10.1. The Bertz CT molecular complexity index is 238. The van der Waals surface area contributed by atoms with Crippen LogP contribution in [0.4, 0.5) is 0 Å². The summed E-state index contributed by atoms with van der Waals surface area (Å²) in [5.74, 6) is 0.830. The Labute approximate surface area is 121 Å². The van der Waals surface area contributed by atoms with Crippen LogP contribution in [0.1, 0.15) is 73.6 Å². The molecule has 2 heteroatoms.